The van der Waals surface area contributed by atoms with Crippen LogP contribution in [0.25, 0.3) is 0 Å². The summed E-state index contributed by atoms with van der Waals surface area (Å²) in [6.45, 7) is 3.27. The van der Waals surface area contributed by atoms with E-state index in [-0.39, 0.29) is 25.0 Å². The number of aliphatic hydroxyl groups is 1. The first-order valence-corrected chi connectivity index (χ1v) is 7.60. The Morgan fingerprint density at radius 1 is 1.41 bits per heavy atom. The van der Waals surface area contributed by atoms with Crippen molar-refractivity contribution in [1.82, 2.24) is 19.9 Å². The maximum atomic E-state index is 12.6. The highest BCUT2D eigenvalue weighted by Crippen LogP contribution is 2.29. The molecule has 1 aromatic carbocycles. The summed E-state index contributed by atoms with van der Waals surface area (Å²) in [5, 5.41) is 17.7. The lowest BCUT2D eigenvalue weighted by molar-refractivity contribution is -0.134. The lowest BCUT2D eigenvalue weighted by Crippen LogP contribution is -2.42. The summed E-state index contributed by atoms with van der Waals surface area (Å²) in [5.41, 5.74) is 2.92. The highest BCUT2D eigenvalue weighted by molar-refractivity contribution is 5.79. The van der Waals surface area contributed by atoms with Gasteiger partial charge in [0.05, 0.1) is 24.8 Å². The fourth-order valence-electron chi connectivity index (χ4n) is 2.98. The summed E-state index contributed by atoms with van der Waals surface area (Å²) >= 11 is 0. The molecule has 0 spiro atoms. The van der Waals surface area contributed by atoms with Crippen molar-refractivity contribution < 1.29 is 9.90 Å². The maximum absolute atomic E-state index is 12.6. The van der Waals surface area contributed by atoms with Crippen molar-refractivity contribution in [2.24, 2.45) is 0 Å². The van der Waals surface area contributed by atoms with Gasteiger partial charge in [-0.1, -0.05) is 29.5 Å². The maximum Gasteiger partial charge on any atom is 0.229 e. The van der Waals surface area contributed by atoms with Crippen LogP contribution in [0.1, 0.15) is 29.8 Å². The molecule has 3 rings (SSSR count). The van der Waals surface area contributed by atoms with E-state index in [2.05, 4.69) is 16.4 Å². The minimum atomic E-state index is -0.265. The number of amides is 1. The van der Waals surface area contributed by atoms with Gasteiger partial charge in [-0.25, -0.2) is 0 Å². The molecule has 1 aliphatic rings. The van der Waals surface area contributed by atoms with E-state index in [1.807, 2.05) is 25.1 Å². The third-order valence-corrected chi connectivity index (χ3v) is 4.15. The third kappa shape index (κ3) is 2.74. The average molecular weight is 300 g/mol. The van der Waals surface area contributed by atoms with Crippen molar-refractivity contribution in [2.45, 2.75) is 32.4 Å². The van der Waals surface area contributed by atoms with Crippen molar-refractivity contribution in [3.8, 4) is 0 Å². The Morgan fingerprint density at radius 2 is 2.23 bits per heavy atom. The standard InChI is InChI=1S/C16H20N4O2/c1-2-19-10-13(17-18-19)9-16(22)20-8-7-12-5-3-4-6-14(12)15(20)11-21/h3-6,10,15,21H,2,7-9,11H2,1H3. The van der Waals surface area contributed by atoms with Gasteiger partial charge in [0.25, 0.3) is 0 Å². The molecule has 6 nitrogen and oxygen atoms in total. The minimum Gasteiger partial charge on any atom is -0.394 e. The molecule has 1 atom stereocenters. The Kier molecular flexibility index (Phi) is 4.20. The minimum absolute atomic E-state index is 0.0169. The van der Waals surface area contributed by atoms with Crippen molar-refractivity contribution >= 4 is 5.91 Å². The average Bonchev–Trinajstić information content (AvgIpc) is 3.01. The van der Waals surface area contributed by atoms with Gasteiger partial charge in [0, 0.05) is 19.3 Å². The molecule has 22 heavy (non-hydrogen) atoms. The number of rotatable bonds is 4. The van der Waals surface area contributed by atoms with Crippen LogP contribution in [-0.2, 0) is 24.2 Å². The molecule has 2 heterocycles. The highest BCUT2D eigenvalue weighted by atomic mass is 16.3. The second kappa shape index (κ2) is 6.27. The largest absolute Gasteiger partial charge is 0.394 e. The van der Waals surface area contributed by atoms with E-state index in [1.54, 1.807) is 15.8 Å². The van der Waals surface area contributed by atoms with E-state index in [0.717, 1.165) is 18.5 Å². The Labute approximate surface area is 129 Å². The van der Waals surface area contributed by atoms with Crippen LogP contribution in [0.5, 0.6) is 0 Å². The Morgan fingerprint density at radius 3 is 2.95 bits per heavy atom. The van der Waals surface area contributed by atoms with Crippen LogP contribution >= 0.6 is 0 Å². The van der Waals surface area contributed by atoms with Gasteiger partial charge in [-0.15, -0.1) is 5.10 Å². The van der Waals surface area contributed by atoms with Crippen molar-refractivity contribution in [3.05, 3.63) is 47.3 Å². The lowest BCUT2D eigenvalue weighted by atomic mass is 9.92. The number of carbonyl (C=O) groups is 1. The van der Waals surface area contributed by atoms with Crippen molar-refractivity contribution in [2.75, 3.05) is 13.2 Å². The Bertz CT molecular complexity index is 668. The second-order valence-corrected chi connectivity index (χ2v) is 5.48. The molecule has 0 saturated heterocycles. The van der Waals surface area contributed by atoms with Crippen LogP contribution in [-0.4, -0.2) is 44.1 Å². The number of carbonyl (C=O) groups excluding carboxylic acids is 1. The van der Waals surface area contributed by atoms with Gasteiger partial charge in [-0.05, 0) is 24.5 Å². The zero-order valence-electron chi connectivity index (χ0n) is 12.6. The zero-order valence-corrected chi connectivity index (χ0v) is 12.6. The lowest BCUT2D eigenvalue weighted by Gasteiger charge is -2.36. The van der Waals surface area contributed by atoms with E-state index in [0.29, 0.717) is 12.2 Å². The summed E-state index contributed by atoms with van der Waals surface area (Å²) in [4.78, 5) is 14.3. The molecule has 1 aromatic heterocycles. The van der Waals surface area contributed by atoms with E-state index in [4.69, 9.17) is 0 Å². The summed E-state index contributed by atoms with van der Waals surface area (Å²) in [6.07, 6.45) is 2.84. The smallest absolute Gasteiger partial charge is 0.229 e. The fraction of sp³-hybridized carbons (Fsp3) is 0.438. The van der Waals surface area contributed by atoms with E-state index >= 15 is 0 Å². The Balaban J connectivity index is 1.77. The molecule has 0 aliphatic carbocycles. The number of hydrogen-bond donors (Lipinski definition) is 1. The summed E-state index contributed by atoms with van der Waals surface area (Å²) < 4.78 is 1.71. The second-order valence-electron chi connectivity index (χ2n) is 5.48. The monoisotopic (exact) mass is 300 g/mol. The fourth-order valence-corrected chi connectivity index (χ4v) is 2.98. The molecule has 116 valence electrons. The predicted molar refractivity (Wildman–Crippen MR) is 81.1 cm³/mol. The van der Waals surface area contributed by atoms with Gasteiger partial charge >= 0.3 is 0 Å². The molecular formula is C16H20N4O2. The zero-order chi connectivity index (χ0) is 15.5. The van der Waals surface area contributed by atoms with Gasteiger partial charge in [-0.3, -0.25) is 9.48 Å². The SMILES string of the molecule is CCn1cc(CC(=O)N2CCc3ccccc3C2CO)nn1. The van der Waals surface area contributed by atoms with Crippen molar-refractivity contribution in [3.63, 3.8) is 0 Å². The van der Waals surface area contributed by atoms with E-state index in [1.165, 1.54) is 5.56 Å². The summed E-state index contributed by atoms with van der Waals surface area (Å²) in [7, 11) is 0. The van der Waals surface area contributed by atoms with Gasteiger partial charge in [0.1, 0.15) is 0 Å². The molecule has 0 radical (unpaired) electrons. The van der Waals surface area contributed by atoms with Crippen LogP contribution in [0, 0.1) is 0 Å². The third-order valence-electron chi connectivity index (χ3n) is 4.15. The van der Waals surface area contributed by atoms with Gasteiger partial charge in [-0.2, -0.15) is 0 Å². The molecule has 0 fully saturated rings. The first-order valence-electron chi connectivity index (χ1n) is 7.60. The van der Waals surface area contributed by atoms with Gasteiger partial charge in [0.2, 0.25) is 5.91 Å². The van der Waals surface area contributed by atoms with Gasteiger partial charge in [0.15, 0.2) is 0 Å². The van der Waals surface area contributed by atoms with Crippen LogP contribution in [0.15, 0.2) is 30.5 Å². The highest BCUT2D eigenvalue weighted by Gasteiger charge is 2.30. The number of aliphatic hydroxyl groups excluding tert-OH is 1. The predicted octanol–water partition coefficient (Wildman–Crippen LogP) is 0.959. The number of fused-ring (bicyclic) bond motifs is 1. The quantitative estimate of drug-likeness (QED) is 0.913. The van der Waals surface area contributed by atoms with Crippen LogP contribution in [0.4, 0.5) is 0 Å². The van der Waals surface area contributed by atoms with Crippen molar-refractivity contribution in [1.29, 1.82) is 0 Å². The molecule has 0 saturated carbocycles. The number of benzene rings is 1. The first-order chi connectivity index (χ1) is 10.7. The molecule has 0 bridgehead atoms. The Hall–Kier alpha value is -2.21. The molecule has 1 N–H and O–H groups in total. The van der Waals surface area contributed by atoms with E-state index < -0.39 is 0 Å². The first kappa shape index (κ1) is 14.7. The van der Waals surface area contributed by atoms with E-state index in [9.17, 15) is 9.90 Å². The summed E-state index contributed by atoms with van der Waals surface area (Å²) in [5.74, 6) is -0.0169. The molecule has 1 amide bonds. The molecule has 1 unspecified atom stereocenters. The van der Waals surface area contributed by atoms with Crippen LogP contribution in [0.3, 0.4) is 0 Å². The van der Waals surface area contributed by atoms with Crippen LogP contribution < -0.4 is 0 Å². The number of nitrogens with zero attached hydrogens (tertiary/aromatic N) is 4. The molecular weight excluding hydrogens is 280 g/mol. The number of aromatic nitrogens is 3. The molecule has 6 heteroatoms. The van der Waals surface area contributed by atoms with Gasteiger partial charge < -0.3 is 10.0 Å². The molecule has 1 aliphatic heterocycles. The number of aryl methyl sites for hydroxylation is 1. The normalized spacial score (nSPS) is 17.4. The topological polar surface area (TPSA) is 71.2 Å². The summed E-state index contributed by atoms with van der Waals surface area (Å²) in [6, 6.07) is 7.73. The van der Waals surface area contributed by atoms with Crippen LogP contribution in [0.2, 0.25) is 0 Å². The number of hydrogen-bond acceptors (Lipinski definition) is 4. The molecule has 2 aromatic rings.